The number of rotatable bonds is 3. The lowest BCUT2D eigenvalue weighted by Gasteiger charge is -2.19. The smallest absolute Gasteiger partial charge is 0.422 e. The Morgan fingerprint density at radius 2 is 1.39 bits per heavy atom. The summed E-state index contributed by atoms with van der Waals surface area (Å²) in [5.41, 5.74) is -0.0336. The van der Waals surface area contributed by atoms with Crippen molar-refractivity contribution in [1.82, 2.24) is 0 Å². The molecule has 0 aliphatic carbocycles. The van der Waals surface area contributed by atoms with Gasteiger partial charge in [-0.25, -0.2) is 9.59 Å². The van der Waals surface area contributed by atoms with Crippen molar-refractivity contribution in [2.45, 2.75) is 32.5 Å². The number of ether oxygens (including phenoxy) is 2. The summed E-state index contributed by atoms with van der Waals surface area (Å²) in [7, 11) is 0. The zero-order chi connectivity index (χ0) is 17.7. The fourth-order valence-corrected chi connectivity index (χ4v) is 1.36. The van der Waals surface area contributed by atoms with Gasteiger partial charge in [0.2, 0.25) is 0 Å². The number of carbonyl (C=O) groups excluding carboxylic acids is 2. The number of nitrogens with one attached hydrogen (secondary N) is 2. The molecule has 0 unspecified atom stereocenters. The molecule has 1 aromatic carbocycles. The summed E-state index contributed by atoms with van der Waals surface area (Å²) >= 11 is 0. The van der Waals surface area contributed by atoms with Crippen LogP contribution in [0, 0.1) is 0 Å². The second-order valence-corrected chi connectivity index (χ2v) is 5.52. The van der Waals surface area contributed by atoms with E-state index >= 15 is 0 Å². The number of alkyl halides is 3. The van der Waals surface area contributed by atoms with Crippen molar-refractivity contribution in [3.8, 4) is 0 Å². The van der Waals surface area contributed by atoms with Gasteiger partial charge >= 0.3 is 18.4 Å². The Kier molecular flexibility index (Phi) is 5.83. The molecule has 1 aromatic rings. The fourth-order valence-electron chi connectivity index (χ4n) is 1.36. The summed E-state index contributed by atoms with van der Waals surface area (Å²) in [6, 6.07) is 5.68. The Morgan fingerprint density at radius 1 is 0.957 bits per heavy atom. The van der Waals surface area contributed by atoms with Crippen LogP contribution in [-0.4, -0.2) is 30.6 Å². The van der Waals surface area contributed by atoms with Crippen LogP contribution in [0.1, 0.15) is 20.8 Å². The van der Waals surface area contributed by atoms with Gasteiger partial charge in [-0.2, -0.15) is 13.2 Å². The van der Waals surface area contributed by atoms with Crippen LogP contribution in [0.25, 0.3) is 0 Å². The van der Waals surface area contributed by atoms with Crippen LogP contribution in [0.2, 0.25) is 0 Å². The van der Waals surface area contributed by atoms with Crippen LogP contribution in [0.5, 0.6) is 0 Å². The van der Waals surface area contributed by atoms with Crippen LogP contribution in [0.3, 0.4) is 0 Å². The van der Waals surface area contributed by atoms with Crippen LogP contribution in [0.15, 0.2) is 24.3 Å². The SMILES string of the molecule is CC(C)(C)OC(=O)Nc1ccc(NC(=O)OCC(F)(F)F)cc1. The van der Waals surface area contributed by atoms with Crippen molar-refractivity contribution >= 4 is 23.6 Å². The van der Waals surface area contributed by atoms with Gasteiger partial charge in [0.1, 0.15) is 5.60 Å². The molecule has 0 atom stereocenters. The van der Waals surface area contributed by atoms with E-state index in [2.05, 4.69) is 15.4 Å². The Bertz CT molecular complexity index is 551. The van der Waals surface area contributed by atoms with E-state index in [1.54, 1.807) is 20.8 Å². The van der Waals surface area contributed by atoms with Crippen LogP contribution < -0.4 is 10.6 Å². The highest BCUT2D eigenvalue weighted by molar-refractivity contribution is 5.87. The normalized spacial score (nSPS) is 11.6. The quantitative estimate of drug-likeness (QED) is 0.871. The second-order valence-electron chi connectivity index (χ2n) is 5.52. The minimum Gasteiger partial charge on any atom is -0.444 e. The molecule has 6 nitrogen and oxygen atoms in total. The zero-order valence-electron chi connectivity index (χ0n) is 12.8. The third kappa shape index (κ3) is 8.54. The molecule has 0 aromatic heterocycles. The first-order chi connectivity index (χ1) is 10.4. The Hall–Kier alpha value is -2.45. The lowest BCUT2D eigenvalue weighted by Crippen LogP contribution is -2.27. The topological polar surface area (TPSA) is 76.7 Å². The highest BCUT2D eigenvalue weighted by Crippen LogP contribution is 2.17. The monoisotopic (exact) mass is 334 g/mol. The molecule has 2 amide bonds. The van der Waals surface area contributed by atoms with Gasteiger partial charge < -0.3 is 9.47 Å². The molecule has 9 heteroatoms. The molecule has 0 saturated heterocycles. The highest BCUT2D eigenvalue weighted by Gasteiger charge is 2.29. The Balaban J connectivity index is 2.50. The third-order valence-electron chi connectivity index (χ3n) is 2.14. The zero-order valence-corrected chi connectivity index (χ0v) is 12.8. The van der Waals surface area contributed by atoms with Crippen molar-refractivity contribution in [3.05, 3.63) is 24.3 Å². The summed E-state index contributed by atoms with van der Waals surface area (Å²) in [4.78, 5) is 22.7. The average molecular weight is 334 g/mol. The number of hydrogen-bond acceptors (Lipinski definition) is 4. The second kappa shape index (κ2) is 7.21. The number of anilines is 2. The molecule has 2 N–H and O–H groups in total. The lowest BCUT2D eigenvalue weighted by atomic mass is 10.2. The molecule has 0 spiro atoms. The molecular weight excluding hydrogens is 317 g/mol. The number of amides is 2. The van der Waals surface area contributed by atoms with E-state index in [0.29, 0.717) is 5.69 Å². The van der Waals surface area contributed by atoms with Crippen molar-refractivity contribution in [2.24, 2.45) is 0 Å². The van der Waals surface area contributed by atoms with Crippen molar-refractivity contribution < 1.29 is 32.2 Å². The number of carbonyl (C=O) groups is 2. The van der Waals surface area contributed by atoms with E-state index in [-0.39, 0.29) is 5.69 Å². The van der Waals surface area contributed by atoms with Gasteiger partial charge in [-0.15, -0.1) is 0 Å². The van der Waals surface area contributed by atoms with Gasteiger partial charge in [0.15, 0.2) is 6.61 Å². The molecule has 128 valence electrons. The predicted molar refractivity (Wildman–Crippen MR) is 77.3 cm³/mol. The highest BCUT2D eigenvalue weighted by atomic mass is 19.4. The van der Waals surface area contributed by atoms with Crippen molar-refractivity contribution in [1.29, 1.82) is 0 Å². The largest absolute Gasteiger partial charge is 0.444 e. The minimum atomic E-state index is -4.58. The Labute approximate surface area is 130 Å². The number of benzene rings is 1. The summed E-state index contributed by atoms with van der Waals surface area (Å²) < 4.78 is 44.7. The first-order valence-electron chi connectivity index (χ1n) is 6.55. The molecule has 1 rings (SSSR count). The summed E-state index contributed by atoms with van der Waals surface area (Å²) in [5, 5.41) is 4.60. The Morgan fingerprint density at radius 3 is 1.78 bits per heavy atom. The molecule has 0 fully saturated rings. The first kappa shape index (κ1) is 18.6. The first-order valence-corrected chi connectivity index (χ1v) is 6.55. The maximum absolute atomic E-state index is 11.9. The van der Waals surface area contributed by atoms with Crippen molar-refractivity contribution in [2.75, 3.05) is 17.2 Å². The molecule has 0 heterocycles. The molecule has 0 aliphatic heterocycles. The van der Waals surface area contributed by atoms with Gasteiger partial charge in [-0.05, 0) is 45.0 Å². The summed E-state index contributed by atoms with van der Waals surface area (Å²) in [6.45, 7) is 3.47. The number of halogens is 3. The maximum atomic E-state index is 11.9. The van der Waals surface area contributed by atoms with Crippen molar-refractivity contribution in [3.63, 3.8) is 0 Å². The molecule has 0 bridgehead atoms. The molecular formula is C14H17F3N2O4. The average Bonchev–Trinajstić information content (AvgIpc) is 2.36. The minimum absolute atomic E-state index is 0.215. The fraction of sp³-hybridized carbons (Fsp3) is 0.429. The predicted octanol–water partition coefficient (Wildman–Crippen LogP) is 4.14. The third-order valence-corrected chi connectivity index (χ3v) is 2.14. The molecule has 0 aliphatic rings. The van der Waals surface area contributed by atoms with Gasteiger partial charge in [0.05, 0.1) is 0 Å². The molecule has 0 saturated carbocycles. The van der Waals surface area contributed by atoms with E-state index in [4.69, 9.17) is 4.74 Å². The van der Waals surface area contributed by atoms with Crippen LogP contribution in [-0.2, 0) is 9.47 Å². The molecule has 0 radical (unpaired) electrons. The maximum Gasteiger partial charge on any atom is 0.422 e. The van der Waals surface area contributed by atoms with E-state index in [1.807, 2.05) is 0 Å². The van der Waals surface area contributed by atoms with E-state index < -0.39 is 30.6 Å². The van der Waals surface area contributed by atoms with Crippen LogP contribution >= 0.6 is 0 Å². The van der Waals surface area contributed by atoms with Gasteiger partial charge in [-0.3, -0.25) is 10.6 Å². The number of hydrogen-bond donors (Lipinski definition) is 2. The standard InChI is InChI=1S/C14H17F3N2O4/c1-13(2,3)23-12(21)19-10-6-4-9(5-7-10)18-11(20)22-8-14(15,16)17/h4-7H,8H2,1-3H3,(H,18,20)(H,19,21). The van der Waals surface area contributed by atoms with E-state index in [1.165, 1.54) is 24.3 Å². The van der Waals surface area contributed by atoms with E-state index in [9.17, 15) is 22.8 Å². The summed E-state index contributed by atoms with van der Waals surface area (Å²) in [5.74, 6) is 0. The van der Waals surface area contributed by atoms with Gasteiger partial charge in [-0.1, -0.05) is 0 Å². The van der Waals surface area contributed by atoms with Crippen LogP contribution in [0.4, 0.5) is 34.1 Å². The van der Waals surface area contributed by atoms with E-state index in [0.717, 1.165) is 0 Å². The summed E-state index contributed by atoms with van der Waals surface area (Å²) in [6.07, 6.45) is -6.46. The van der Waals surface area contributed by atoms with Gasteiger partial charge in [0.25, 0.3) is 0 Å². The lowest BCUT2D eigenvalue weighted by molar-refractivity contribution is -0.159. The molecule has 23 heavy (non-hydrogen) atoms. The van der Waals surface area contributed by atoms with Gasteiger partial charge in [0, 0.05) is 11.4 Å².